The molecule has 4 unspecified atom stereocenters. The number of nitrogens with one attached hydrogen (secondary N) is 1. The number of nitrogens with zero attached hydrogens (tertiary/aromatic N) is 1. The number of hydrogen-bond donors (Lipinski definition) is 1. The van der Waals surface area contributed by atoms with Gasteiger partial charge >= 0.3 is 0 Å². The third kappa shape index (κ3) is 2.91. The molecule has 0 heterocycles. The molecule has 0 saturated heterocycles. The van der Waals surface area contributed by atoms with Crippen molar-refractivity contribution in [3.63, 3.8) is 0 Å². The van der Waals surface area contributed by atoms with Crippen molar-refractivity contribution in [2.24, 2.45) is 23.7 Å². The largest absolute Gasteiger partial charge is 0.315 e. The molecule has 0 aromatic carbocycles. The van der Waals surface area contributed by atoms with E-state index in [0.717, 1.165) is 23.7 Å². The van der Waals surface area contributed by atoms with Crippen LogP contribution in [0, 0.1) is 23.7 Å². The van der Waals surface area contributed by atoms with E-state index in [2.05, 4.69) is 38.3 Å². The Morgan fingerprint density at radius 1 is 1.10 bits per heavy atom. The van der Waals surface area contributed by atoms with Gasteiger partial charge in [-0.25, -0.2) is 0 Å². The lowest BCUT2D eigenvalue weighted by Crippen LogP contribution is -2.60. The summed E-state index contributed by atoms with van der Waals surface area (Å²) >= 11 is 0. The summed E-state index contributed by atoms with van der Waals surface area (Å²) in [5.74, 6) is 4.09. The smallest absolute Gasteiger partial charge is 0.0356 e. The summed E-state index contributed by atoms with van der Waals surface area (Å²) in [6.45, 7) is 2.43. The lowest BCUT2D eigenvalue weighted by molar-refractivity contribution is 0.0334. The van der Waals surface area contributed by atoms with Crippen molar-refractivity contribution in [1.82, 2.24) is 10.2 Å². The van der Waals surface area contributed by atoms with Gasteiger partial charge in [0.05, 0.1) is 0 Å². The predicted octanol–water partition coefficient (Wildman–Crippen LogP) is 3.91. The van der Waals surface area contributed by atoms with Crippen molar-refractivity contribution in [2.75, 3.05) is 21.1 Å². The fourth-order valence-electron chi connectivity index (χ4n) is 5.94. The predicted molar refractivity (Wildman–Crippen MR) is 90.5 cm³/mol. The minimum atomic E-state index is 0.406. The molecular weight excluding hydrogens is 256 g/mol. The van der Waals surface area contributed by atoms with E-state index >= 15 is 0 Å². The summed E-state index contributed by atoms with van der Waals surface area (Å²) in [6, 6.07) is 0.685. The van der Waals surface area contributed by atoms with E-state index in [1.807, 2.05) is 0 Å². The molecule has 122 valence electrons. The van der Waals surface area contributed by atoms with Gasteiger partial charge in [-0.1, -0.05) is 13.3 Å². The topological polar surface area (TPSA) is 15.3 Å². The molecule has 3 rings (SSSR count). The van der Waals surface area contributed by atoms with Crippen molar-refractivity contribution < 1.29 is 0 Å². The summed E-state index contributed by atoms with van der Waals surface area (Å²) in [7, 11) is 6.85. The molecular formula is C19H36N2. The highest BCUT2D eigenvalue weighted by Crippen LogP contribution is 2.51. The summed E-state index contributed by atoms with van der Waals surface area (Å²) in [4.78, 5) is 2.56. The Bertz CT molecular complexity index is 343. The normalized spacial score (nSPS) is 44.4. The van der Waals surface area contributed by atoms with Crippen molar-refractivity contribution in [3.8, 4) is 0 Å². The molecule has 4 atom stereocenters. The van der Waals surface area contributed by atoms with E-state index in [1.54, 1.807) is 6.42 Å². The van der Waals surface area contributed by atoms with Crippen LogP contribution >= 0.6 is 0 Å². The summed E-state index contributed by atoms with van der Waals surface area (Å²) < 4.78 is 0. The molecule has 0 amide bonds. The molecule has 2 heteroatoms. The van der Waals surface area contributed by atoms with Crippen LogP contribution in [0.4, 0.5) is 0 Å². The van der Waals surface area contributed by atoms with Gasteiger partial charge in [0, 0.05) is 11.6 Å². The van der Waals surface area contributed by atoms with Gasteiger partial charge in [-0.05, 0) is 96.2 Å². The van der Waals surface area contributed by atoms with E-state index in [9.17, 15) is 0 Å². The van der Waals surface area contributed by atoms with Gasteiger partial charge in [-0.2, -0.15) is 0 Å². The second-order valence-electron chi connectivity index (χ2n) is 8.69. The van der Waals surface area contributed by atoms with Gasteiger partial charge in [0.1, 0.15) is 0 Å². The molecule has 3 aliphatic rings. The van der Waals surface area contributed by atoms with Crippen LogP contribution in [0.2, 0.25) is 0 Å². The molecule has 0 aromatic rings. The minimum Gasteiger partial charge on any atom is -0.315 e. The molecule has 2 nitrogen and oxygen atoms in total. The Hall–Kier alpha value is -0.0800. The Morgan fingerprint density at radius 3 is 2.29 bits per heavy atom. The van der Waals surface area contributed by atoms with Crippen LogP contribution < -0.4 is 5.32 Å². The molecule has 3 saturated carbocycles. The van der Waals surface area contributed by atoms with Crippen molar-refractivity contribution in [2.45, 2.75) is 76.3 Å². The summed E-state index contributed by atoms with van der Waals surface area (Å²) in [6.07, 6.45) is 13.1. The molecule has 3 fully saturated rings. The standard InChI is InChI=1S/C19H36N2/c1-14-7-9-19(10-8-14,21(3)4)18(20-2)13-17-12-15-5-6-16(17)11-15/h14-18,20H,5-13H2,1-4H3. The minimum absolute atomic E-state index is 0.406. The lowest BCUT2D eigenvalue weighted by atomic mass is 9.69. The van der Waals surface area contributed by atoms with Gasteiger partial charge in [-0.15, -0.1) is 0 Å². The van der Waals surface area contributed by atoms with Crippen LogP contribution in [0.15, 0.2) is 0 Å². The van der Waals surface area contributed by atoms with Gasteiger partial charge < -0.3 is 10.2 Å². The van der Waals surface area contributed by atoms with Crippen LogP contribution in [0.25, 0.3) is 0 Å². The molecule has 0 radical (unpaired) electrons. The number of fused-ring (bicyclic) bond motifs is 2. The third-order valence-electron chi connectivity index (χ3n) is 7.45. The zero-order valence-corrected chi connectivity index (χ0v) is 14.7. The fourth-order valence-corrected chi connectivity index (χ4v) is 5.94. The Balaban J connectivity index is 1.70. The number of likely N-dealkylation sites (N-methyl/N-ethyl adjacent to an activating group) is 2. The van der Waals surface area contributed by atoms with Crippen molar-refractivity contribution >= 4 is 0 Å². The molecule has 0 spiro atoms. The first-order valence-electron chi connectivity index (χ1n) is 9.40. The zero-order valence-electron chi connectivity index (χ0n) is 14.7. The van der Waals surface area contributed by atoms with Crippen LogP contribution in [-0.2, 0) is 0 Å². The highest BCUT2D eigenvalue weighted by Gasteiger charge is 2.46. The highest BCUT2D eigenvalue weighted by molar-refractivity contribution is 5.03. The van der Waals surface area contributed by atoms with E-state index in [-0.39, 0.29) is 0 Å². The SMILES string of the molecule is CNC(CC1CC2CCC1C2)C1(N(C)C)CCC(C)CC1. The fraction of sp³-hybridized carbons (Fsp3) is 1.00. The molecule has 0 aliphatic heterocycles. The summed E-state index contributed by atoms with van der Waals surface area (Å²) in [5.41, 5.74) is 0.406. The average Bonchev–Trinajstić information content (AvgIpc) is 3.08. The van der Waals surface area contributed by atoms with E-state index in [1.165, 1.54) is 51.4 Å². The first kappa shape index (κ1) is 15.8. The second-order valence-corrected chi connectivity index (χ2v) is 8.69. The molecule has 2 bridgehead atoms. The molecule has 3 aliphatic carbocycles. The third-order valence-corrected chi connectivity index (χ3v) is 7.45. The van der Waals surface area contributed by atoms with E-state index < -0.39 is 0 Å². The maximum atomic E-state index is 3.75. The zero-order chi connectivity index (χ0) is 15.0. The Kier molecular flexibility index (Phi) is 4.66. The quantitative estimate of drug-likeness (QED) is 0.826. The maximum absolute atomic E-state index is 3.75. The maximum Gasteiger partial charge on any atom is 0.0356 e. The first-order valence-corrected chi connectivity index (χ1v) is 9.40. The van der Waals surface area contributed by atoms with Crippen LogP contribution in [-0.4, -0.2) is 37.6 Å². The van der Waals surface area contributed by atoms with Crippen molar-refractivity contribution in [3.05, 3.63) is 0 Å². The molecule has 0 aromatic heterocycles. The van der Waals surface area contributed by atoms with Crippen molar-refractivity contribution in [1.29, 1.82) is 0 Å². The monoisotopic (exact) mass is 292 g/mol. The van der Waals surface area contributed by atoms with Crippen LogP contribution in [0.5, 0.6) is 0 Å². The highest BCUT2D eigenvalue weighted by atomic mass is 15.2. The van der Waals surface area contributed by atoms with Crippen LogP contribution in [0.1, 0.15) is 64.7 Å². The summed E-state index contributed by atoms with van der Waals surface area (Å²) in [5, 5.41) is 3.75. The second kappa shape index (κ2) is 6.20. The van der Waals surface area contributed by atoms with E-state index in [4.69, 9.17) is 0 Å². The molecule has 1 N–H and O–H groups in total. The van der Waals surface area contributed by atoms with Gasteiger partial charge in [-0.3, -0.25) is 0 Å². The average molecular weight is 293 g/mol. The van der Waals surface area contributed by atoms with Gasteiger partial charge in [0.2, 0.25) is 0 Å². The Labute approximate surface area is 132 Å². The lowest BCUT2D eigenvalue weighted by Gasteiger charge is -2.50. The number of rotatable bonds is 5. The van der Waals surface area contributed by atoms with Gasteiger partial charge in [0.25, 0.3) is 0 Å². The van der Waals surface area contributed by atoms with Crippen LogP contribution in [0.3, 0.4) is 0 Å². The number of hydrogen-bond acceptors (Lipinski definition) is 2. The molecule has 21 heavy (non-hydrogen) atoms. The van der Waals surface area contributed by atoms with E-state index in [0.29, 0.717) is 11.6 Å². The van der Waals surface area contributed by atoms with Gasteiger partial charge in [0.15, 0.2) is 0 Å². The first-order chi connectivity index (χ1) is 10.0. The Morgan fingerprint density at radius 2 is 1.81 bits per heavy atom.